The molecule has 1 fully saturated rings. The second kappa shape index (κ2) is 7.63. The van der Waals surface area contributed by atoms with Gasteiger partial charge in [-0.15, -0.1) is 0 Å². The highest BCUT2D eigenvalue weighted by Crippen LogP contribution is 2.06. The normalized spacial score (nSPS) is 18.8. The number of nitrogens with one attached hydrogen (secondary N) is 1. The summed E-state index contributed by atoms with van der Waals surface area (Å²) < 4.78 is 31.7. The number of nitrogens with two attached hydrogens (primary N) is 1. The molecule has 0 atom stereocenters. The minimum Gasteiger partial charge on any atom is -0.449 e. The molecule has 0 aromatic heterocycles. The van der Waals surface area contributed by atoms with E-state index in [1.807, 2.05) is 4.72 Å². The van der Waals surface area contributed by atoms with Gasteiger partial charge in [0.25, 0.3) is 0 Å². The molecule has 0 aliphatic carbocycles. The summed E-state index contributed by atoms with van der Waals surface area (Å²) in [5, 5.41) is 0. The van der Waals surface area contributed by atoms with Crippen LogP contribution in [0.5, 0.6) is 0 Å². The molecule has 0 bridgehead atoms. The van der Waals surface area contributed by atoms with Crippen molar-refractivity contribution in [2.24, 2.45) is 5.73 Å². The Bertz CT molecular complexity index is 387. The van der Waals surface area contributed by atoms with Gasteiger partial charge < -0.3 is 15.4 Å². The molecule has 9 heteroatoms. The minimum absolute atomic E-state index is 0.131. The van der Waals surface area contributed by atoms with Crippen LogP contribution in [0.15, 0.2) is 0 Å². The highest BCUT2D eigenvalue weighted by molar-refractivity contribution is 7.87. The van der Waals surface area contributed by atoms with Crippen molar-refractivity contribution in [3.05, 3.63) is 0 Å². The van der Waals surface area contributed by atoms with Crippen LogP contribution in [0.25, 0.3) is 0 Å². The molecule has 0 unspecified atom stereocenters. The number of carbonyl (C=O) groups is 1. The second-order valence-corrected chi connectivity index (χ2v) is 5.88. The van der Waals surface area contributed by atoms with Crippen molar-refractivity contribution >= 4 is 16.3 Å². The van der Waals surface area contributed by atoms with Gasteiger partial charge in [0, 0.05) is 32.7 Å². The molecular weight excluding hydrogens is 272 g/mol. The quantitative estimate of drug-likeness (QED) is 0.670. The van der Waals surface area contributed by atoms with E-state index in [1.165, 1.54) is 4.31 Å². The highest BCUT2D eigenvalue weighted by atomic mass is 32.2. The third kappa shape index (κ3) is 5.31. The standard InChI is InChI=1S/C10H22N4O4S/c1-2-18-10(15)12-19(16,17)14-6-3-5-13(7-4-11)8-9-14/h2-9,11H2,1H3,(H,12,15). The van der Waals surface area contributed by atoms with Crippen molar-refractivity contribution in [2.75, 3.05) is 45.9 Å². The van der Waals surface area contributed by atoms with E-state index in [9.17, 15) is 13.2 Å². The number of hydrogen-bond acceptors (Lipinski definition) is 6. The molecule has 0 radical (unpaired) electrons. The van der Waals surface area contributed by atoms with Gasteiger partial charge in [-0.2, -0.15) is 12.7 Å². The average molecular weight is 294 g/mol. The summed E-state index contributed by atoms with van der Waals surface area (Å²) in [7, 11) is -3.82. The van der Waals surface area contributed by atoms with E-state index < -0.39 is 16.3 Å². The Labute approximate surface area is 114 Å². The molecule has 0 aromatic rings. The summed E-state index contributed by atoms with van der Waals surface area (Å²) in [5.41, 5.74) is 5.48. The highest BCUT2D eigenvalue weighted by Gasteiger charge is 2.26. The van der Waals surface area contributed by atoms with Crippen LogP contribution in [-0.2, 0) is 14.9 Å². The Morgan fingerprint density at radius 2 is 2.05 bits per heavy atom. The van der Waals surface area contributed by atoms with Crippen LogP contribution >= 0.6 is 0 Å². The smallest absolute Gasteiger partial charge is 0.421 e. The van der Waals surface area contributed by atoms with Crippen molar-refractivity contribution in [1.29, 1.82) is 0 Å². The van der Waals surface area contributed by atoms with Crippen molar-refractivity contribution < 1.29 is 17.9 Å². The molecule has 1 saturated heterocycles. The van der Waals surface area contributed by atoms with Gasteiger partial charge in [0.05, 0.1) is 6.61 Å². The van der Waals surface area contributed by atoms with Gasteiger partial charge in [-0.25, -0.2) is 9.52 Å². The molecule has 112 valence electrons. The van der Waals surface area contributed by atoms with Crippen molar-refractivity contribution in [1.82, 2.24) is 13.9 Å². The maximum absolute atomic E-state index is 12.0. The van der Waals surface area contributed by atoms with E-state index in [4.69, 9.17) is 5.73 Å². The van der Waals surface area contributed by atoms with Crippen molar-refractivity contribution in [3.8, 4) is 0 Å². The number of hydrogen-bond donors (Lipinski definition) is 2. The summed E-state index contributed by atoms with van der Waals surface area (Å²) in [6.07, 6.45) is -0.227. The fourth-order valence-electron chi connectivity index (χ4n) is 1.92. The predicted molar refractivity (Wildman–Crippen MR) is 70.8 cm³/mol. The van der Waals surface area contributed by atoms with Gasteiger partial charge >= 0.3 is 16.3 Å². The molecule has 1 aliphatic heterocycles. The summed E-state index contributed by atoms with van der Waals surface area (Å²) >= 11 is 0. The minimum atomic E-state index is -3.82. The molecular formula is C10H22N4O4S. The van der Waals surface area contributed by atoms with E-state index in [-0.39, 0.29) is 6.61 Å². The van der Waals surface area contributed by atoms with Crippen LogP contribution in [0, 0.1) is 0 Å². The van der Waals surface area contributed by atoms with Crippen LogP contribution in [0.4, 0.5) is 4.79 Å². The van der Waals surface area contributed by atoms with Crippen LogP contribution in [0.3, 0.4) is 0 Å². The Hall–Kier alpha value is -0.900. The zero-order chi connectivity index (χ0) is 14.3. The molecule has 0 saturated carbocycles. The van der Waals surface area contributed by atoms with E-state index in [2.05, 4.69) is 9.64 Å². The van der Waals surface area contributed by atoms with E-state index in [0.717, 1.165) is 13.1 Å². The van der Waals surface area contributed by atoms with Gasteiger partial charge in [0.1, 0.15) is 0 Å². The lowest BCUT2D eigenvalue weighted by Gasteiger charge is -2.21. The molecule has 1 aliphatic rings. The molecule has 0 aromatic carbocycles. The number of nitrogens with zero attached hydrogens (tertiary/aromatic N) is 2. The van der Waals surface area contributed by atoms with Crippen molar-refractivity contribution in [3.63, 3.8) is 0 Å². The molecule has 1 heterocycles. The topological polar surface area (TPSA) is 105 Å². The van der Waals surface area contributed by atoms with E-state index in [1.54, 1.807) is 6.92 Å². The number of carbonyl (C=O) groups excluding carboxylic acids is 1. The van der Waals surface area contributed by atoms with Gasteiger partial charge in [0.15, 0.2) is 0 Å². The first-order valence-electron chi connectivity index (χ1n) is 6.36. The zero-order valence-corrected chi connectivity index (χ0v) is 12.0. The van der Waals surface area contributed by atoms with Crippen LogP contribution < -0.4 is 10.5 Å². The van der Waals surface area contributed by atoms with Gasteiger partial charge in [-0.05, 0) is 19.9 Å². The first-order valence-corrected chi connectivity index (χ1v) is 7.80. The molecule has 3 N–H and O–H groups in total. The molecule has 1 rings (SSSR count). The lowest BCUT2D eigenvalue weighted by molar-refractivity contribution is 0.158. The SMILES string of the molecule is CCOC(=O)NS(=O)(=O)N1CCCN(CCN)CC1. The molecule has 19 heavy (non-hydrogen) atoms. The van der Waals surface area contributed by atoms with Gasteiger partial charge in [-0.3, -0.25) is 0 Å². The van der Waals surface area contributed by atoms with Gasteiger partial charge in [0.2, 0.25) is 0 Å². The Balaban J connectivity index is 2.56. The molecule has 8 nitrogen and oxygen atoms in total. The number of ether oxygens (including phenoxy) is 1. The van der Waals surface area contributed by atoms with Gasteiger partial charge in [-0.1, -0.05) is 0 Å². The molecule has 0 spiro atoms. The average Bonchev–Trinajstić information content (AvgIpc) is 2.55. The maximum Gasteiger partial charge on any atom is 0.421 e. The summed E-state index contributed by atoms with van der Waals surface area (Å²) in [4.78, 5) is 13.3. The fraction of sp³-hybridized carbons (Fsp3) is 0.900. The summed E-state index contributed by atoms with van der Waals surface area (Å²) in [6.45, 7) is 5.19. The van der Waals surface area contributed by atoms with E-state index in [0.29, 0.717) is 32.6 Å². The monoisotopic (exact) mass is 294 g/mol. The van der Waals surface area contributed by atoms with E-state index >= 15 is 0 Å². The Morgan fingerprint density at radius 1 is 1.32 bits per heavy atom. The number of amides is 1. The molecule has 1 amide bonds. The predicted octanol–water partition coefficient (Wildman–Crippen LogP) is -1.06. The Kier molecular flexibility index (Phi) is 6.49. The summed E-state index contributed by atoms with van der Waals surface area (Å²) in [6, 6.07) is 0. The third-order valence-corrected chi connectivity index (χ3v) is 4.29. The lowest BCUT2D eigenvalue weighted by atomic mass is 10.4. The number of rotatable bonds is 5. The van der Waals surface area contributed by atoms with Crippen LogP contribution in [0.2, 0.25) is 0 Å². The summed E-state index contributed by atoms with van der Waals surface area (Å²) in [5.74, 6) is 0. The first-order chi connectivity index (χ1) is 8.99. The third-order valence-electron chi connectivity index (χ3n) is 2.82. The zero-order valence-electron chi connectivity index (χ0n) is 11.2. The lowest BCUT2D eigenvalue weighted by Crippen LogP contribution is -2.45. The van der Waals surface area contributed by atoms with Crippen LogP contribution in [-0.4, -0.2) is 69.6 Å². The largest absolute Gasteiger partial charge is 0.449 e. The van der Waals surface area contributed by atoms with Crippen LogP contribution in [0.1, 0.15) is 13.3 Å². The van der Waals surface area contributed by atoms with Crippen molar-refractivity contribution in [2.45, 2.75) is 13.3 Å². The maximum atomic E-state index is 12.0. The first kappa shape index (κ1) is 16.2. The Morgan fingerprint density at radius 3 is 2.68 bits per heavy atom. The fourth-order valence-corrected chi connectivity index (χ4v) is 3.01. The second-order valence-electron chi connectivity index (χ2n) is 4.21.